The summed E-state index contributed by atoms with van der Waals surface area (Å²) in [7, 11) is 5.72. The van der Waals surface area contributed by atoms with Gasteiger partial charge in [0.05, 0.1) is 24.7 Å². The number of methoxy groups -OCH3 is 1. The third-order valence-corrected chi connectivity index (χ3v) is 8.24. The van der Waals surface area contributed by atoms with Gasteiger partial charge in [-0.05, 0) is 78.0 Å². The van der Waals surface area contributed by atoms with Crippen LogP contribution < -0.4 is 10.6 Å². The highest BCUT2D eigenvalue weighted by Crippen LogP contribution is 2.59. The zero-order chi connectivity index (χ0) is 26.7. The second-order valence-electron chi connectivity index (χ2n) is 12.2. The maximum absolute atomic E-state index is 13.0. The normalized spacial score (nSPS) is 35.3. The molecule has 1 saturated carbocycles. The number of rotatable bonds is 14. The number of carbonyl (C=O) groups excluding carboxylic acids is 1. The Morgan fingerprint density at radius 2 is 1.94 bits per heavy atom. The van der Waals surface area contributed by atoms with E-state index in [4.69, 9.17) is 18.9 Å². The molecule has 2 heterocycles. The minimum atomic E-state index is -0.860. The largest absolute Gasteiger partial charge is 0.443 e. The predicted octanol–water partition coefficient (Wildman–Crippen LogP) is 2.75. The molecule has 1 amide bonds. The van der Waals surface area contributed by atoms with Gasteiger partial charge in [-0.15, -0.1) is 0 Å². The van der Waals surface area contributed by atoms with Gasteiger partial charge in [-0.3, -0.25) is 5.32 Å². The van der Waals surface area contributed by atoms with Crippen molar-refractivity contribution in [2.24, 2.45) is 17.8 Å². The average Bonchev–Trinajstić information content (AvgIpc) is 3.71. The molecule has 0 bridgehead atoms. The Hall–Kier alpha value is -0.970. The van der Waals surface area contributed by atoms with E-state index >= 15 is 0 Å². The molecule has 8 atom stereocenters. The molecule has 2 aliphatic heterocycles. The highest BCUT2D eigenvalue weighted by atomic mass is 16.6. The second kappa shape index (κ2) is 12.3. The van der Waals surface area contributed by atoms with Crippen molar-refractivity contribution in [1.82, 2.24) is 15.5 Å². The molecule has 1 aliphatic carbocycles. The summed E-state index contributed by atoms with van der Waals surface area (Å²) in [4.78, 5) is 15.1. The van der Waals surface area contributed by atoms with Crippen LogP contribution in [0.1, 0.15) is 66.7 Å². The van der Waals surface area contributed by atoms with Gasteiger partial charge >= 0.3 is 6.09 Å². The van der Waals surface area contributed by atoms with Crippen LogP contribution >= 0.6 is 0 Å². The molecular weight excluding hydrogens is 462 g/mol. The third-order valence-electron chi connectivity index (χ3n) is 8.24. The third kappa shape index (κ3) is 7.11. The number of alkyl carbamates (subject to hydrolysis) is 1. The quantitative estimate of drug-likeness (QED) is 0.185. The highest BCUT2D eigenvalue weighted by Gasteiger charge is 2.72. The number of nitrogens with one attached hydrogen (secondary N) is 2. The number of carbonyl (C=O) groups is 1. The fourth-order valence-electron chi connectivity index (χ4n) is 5.97. The van der Waals surface area contributed by atoms with Gasteiger partial charge in [-0.2, -0.15) is 0 Å². The van der Waals surface area contributed by atoms with Crippen LogP contribution in [0.15, 0.2) is 0 Å². The predicted molar refractivity (Wildman–Crippen MR) is 139 cm³/mol. The molecular formula is C27H51N3O6. The summed E-state index contributed by atoms with van der Waals surface area (Å²) < 4.78 is 24.2. The minimum absolute atomic E-state index is 0.00330. The molecule has 1 unspecified atom stereocenters. The van der Waals surface area contributed by atoms with Crippen molar-refractivity contribution in [3.8, 4) is 0 Å². The Morgan fingerprint density at radius 3 is 2.50 bits per heavy atom. The van der Waals surface area contributed by atoms with Crippen LogP contribution in [0.4, 0.5) is 4.79 Å². The van der Waals surface area contributed by atoms with E-state index in [-0.39, 0.29) is 35.2 Å². The zero-order valence-electron chi connectivity index (χ0n) is 23.7. The van der Waals surface area contributed by atoms with Gasteiger partial charge in [-0.1, -0.05) is 27.7 Å². The van der Waals surface area contributed by atoms with Gasteiger partial charge in [0.1, 0.15) is 29.6 Å². The standard InChI is InChI=1S/C27H51N3O6/c1-17(2)10-11-20-26(5,36-20)23-22(33-8)19(12-13-27(23)16-34-27)35-25(32)29-21(18(3)4)24(31)28-14-9-15-30(6)7/h17-24,28,31H,9-16H2,1-8H3,(H,29,32)/t19-,20-,21-,22-,23-,24?,26+,27+/m1/s1. The Kier molecular flexibility index (Phi) is 10.1. The fourth-order valence-corrected chi connectivity index (χ4v) is 5.97. The fraction of sp³-hybridized carbons (Fsp3) is 0.963. The van der Waals surface area contributed by atoms with Crippen molar-refractivity contribution in [1.29, 1.82) is 0 Å². The number of aliphatic hydroxyl groups is 1. The van der Waals surface area contributed by atoms with E-state index in [1.54, 1.807) is 7.11 Å². The lowest BCUT2D eigenvalue weighted by atomic mass is 9.68. The number of amides is 1. The first kappa shape index (κ1) is 29.6. The summed E-state index contributed by atoms with van der Waals surface area (Å²) >= 11 is 0. The summed E-state index contributed by atoms with van der Waals surface area (Å²) in [5.41, 5.74) is -0.580. The van der Waals surface area contributed by atoms with Crippen molar-refractivity contribution in [3.63, 3.8) is 0 Å². The number of hydrogen-bond acceptors (Lipinski definition) is 8. The molecule has 0 aromatic heterocycles. The number of epoxide rings is 2. The SMILES string of the molecule is CO[C@@H]1[C@H](OC(=O)N[C@H](C(C)C)C(O)NCCCN(C)C)CC[C@]2(CO2)[C@H]1[C@@]1(C)O[C@@H]1CCC(C)C. The summed E-state index contributed by atoms with van der Waals surface area (Å²) in [6.07, 6.45) is 2.59. The van der Waals surface area contributed by atoms with Gasteiger partial charge in [0.25, 0.3) is 0 Å². The van der Waals surface area contributed by atoms with E-state index in [2.05, 4.69) is 36.3 Å². The van der Waals surface area contributed by atoms with Crippen LogP contribution in [0, 0.1) is 17.8 Å². The number of nitrogens with zero attached hydrogens (tertiary/aromatic N) is 1. The average molecular weight is 514 g/mol. The summed E-state index contributed by atoms with van der Waals surface area (Å²) in [5, 5.41) is 16.7. The lowest BCUT2D eigenvalue weighted by molar-refractivity contribution is -0.118. The van der Waals surface area contributed by atoms with E-state index in [0.29, 0.717) is 25.5 Å². The Morgan fingerprint density at radius 1 is 1.25 bits per heavy atom. The molecule has 3 fully saturated rings. The molecule has 0 radical (unpaired) electrons. The second-order valence-corrected chi connectivity index (χ2v) is 12.2. The number of hydrogen-bond donors (Lipinski definition) is 3. The molecule has 3 aliphatic rings. The monoisotopic (exact) mass is 513 g/mol. The van der Waals surface area contributed by atoms with Crippen LogP contribution in [-0.2, 0) is 18.9 Å². The van der Waals surface area contributed by atoms with Crippen LogP contribution in [0.25, 0.3) is 0 Å². The zero-order valence-corrected chi connectivity index (χ0v) is 23.7. The maximum Gasteiger partial charge on any atom is 0.407 e. The lowest BCUT2D eigenvalue weighted by Crippen LogP contribution is -2.57. The van der Waals surface area contributed by atoms with Crippen LogP contribution in [0.3, 0.4) is 0 Å². The van der Waals surface area contributed by atoms with Gasteiger partial charge in [0, 0.05) is 7.11 Å². The highest BCUT2D eigenvalue weighted by molar-refractivity contribution is 5.68. The number of aliphatic hydroxyl groups excluding tert-OH is 1. The van der Waals surface area contributed by atoms with E-state index in [9.17, 15) is 9.90 Å². The Balaban J connectivity index is 1.60. The van der Waals surface area contributed by atoms with Crippen molar-refractivity contribution in [2.45, 2.75) is 109 Å². The first-order chi connectivity index (χ1) is 16.9. The molecule has 2 saturated heterocycles. The van der Waals surface area contributed by atoms with Crippen molar-refractivity contribution < 1.29 is 28.8 Å². The smallest absolute Gasteiger partial charge is 0.407 e. The van der Waals surface area contributed by atoms with Crippen molar-refractivity contribution >= 4 is 6.09 Å². The molecule has 0 aromatic carbocycles. The van der Waals surface area contributed by atoms with Gasteiger partial charge in [0.2, 0.25) is 0 Å². The molecule has 0 aromatic rings. The van der Waals surface area contributed by atoms with E-state index < -0.39 is 24.5 Å². The molecule has 210 valence electrons. The van der Waals surface area contributed by atoms with Crippen LogP contribution in [0.2, 0.25) is 0 Å². The molecule has 9 nitrogen and oxygen atoms in total. The van der Waals surface area contributed by atoms with Gasteiger partial charge in [-0.25, -0.2) is 4.79 Å². The molecule has 3 N–H and O–H groups in total. The van der Waals surface area contributed by atoms with E-state index in [0.717, 1.165) is 32.2 Å². The molecule has 3 rings (SSSR count). The van der Waals surface area contributed by atoms with E-state index in [1.165, 1.54) is 0 Å². The molecule has 36 heavy (non-hydrogen) atoms. The maximum atomic E-state index is 13.0. The van der Waals surface area contributed by atoms with Gasteiger partial charge in [0.15, 0.2) is 0 Å². The van der Waals surface area contributed by atoms with Crippen LogP contribution in [0.5, 0.6) is 0 Å². The minimum Gasteiger partial charge on any atom is -0.443 e. The first-order valence-electron chi connectivity index (χ1n) is 13.8. The summed E-state index contributed by atoms with van der Waals surface area (Å²) in [6.45, 7) is 12.9. The molecule has 9 heteroatoms. The van der Waals surface area contributed by atoms with Crippen molar-refractivity contribution in [3.05, 3.63) is 0 Å². The lowest BCUT2D eigenvalue weighted by Gasteiger charge is -2.42. The van der Waals surface area contributed by atoms with E-state index in [1.807, 2.05) is 27.9 Å². The Labute approximate surface area is 217 Å². The first-order valence-corrected chi connectivity index (χ1v) is 13.8. The summed E-state index contributed by atoms with van der Waals surface area (Å²) in [6, 6.07) is -0.472. The molecule has 1 spiro atoms. The van der Waals surface area contributed by atoms with Gasteiger partial charge < -0.3 is 34.3 Å². The van der Waals surface area contributed by atoms with Crippen LogP contribution in [-0.4, -0.2) is 98.8 Å². The number of ether oxygens (including phenoxy) is 4. The topological polar surface area (TPSA) is 108 Å². The Bertz CT molecular complexity index is 716. The van der Waals surface area contributed by atoms with Crippen molar-refractivity contribution in [2.75, 3.05) is 40.9 Å². The summed E-state index contributed by atoms with van der Waals surface area (Å²) in [5.74, 6) is 0.652.